The van der Waals surface area contributed by atoms with Crippen molar-refractivity contribution in [1.82, 2.24) is 0 Å². The number of hydrogen-bond acceptors (Lipinski definition) is 3. The molecule has 5 heteroatoms. The van der Waals surface area contributed by atoms with Gasteiger partial charge in [0, 0.05) is 0 Å². The molecule has 0 unspecified atom stereocenters. The summed E-state index contributed by atoms with van der Waals surface area (Å²) in [5.74, 6) is -0.368. The normalized spacial score (nSPS) is 11.8. The summed E-state index contributed by atoms with van der Waals surface area (Å²) in [4.78, 5) is 0. The largest absolute Gasteiger partial charge is 1.00 e. The molecule has 0 aromatic heterocycles. The third-order valence-electron chi connectivity index (χ3n) is 7.94. The van der Waals surface area contributed by atoms with E-state index in [2.05, 4.69) is 6.92 Å². The van der Waals surface area contributed by atoms with Crippen molar-refractivity contribution in [2.75, 3.05) is 5.75 Å². The second kappa shape index (κ2) is 34.8. The Balaban J connectivity index is 0. The molecular formula is C34H67NaO3S. The van der Waals surface area contributed by atoms with Gasteiger partial charge in [-0.05, 0) is 12.8 Å². The first kappa shape index (κ1) is 41.8. The van der Waals surface area contributed by atoms with E-state index < -0.39 is 10.1 Å². The van der Waals surface area contributed by atoms with Crippen LogP contribution in [0, 0.1) is 0 Å². The van der Waals surface area contributed by atoms with E-state index in [1.54, 1.807) is 0 Å². The summed E-state index contributed by atoms with van der Waals surface area (Å²) in [5, 5.41) is 0. The van der Waals surface area contributed by atoms with E-state index in [-0.39, 0.29) is 35.3 Å². The van der Waals surface area contributed by atoms with Crippen LogP contribution in [0.25, 0.3) is 0 Å². The van der Waals surface area contributed by atoms with Gasteiger partial charge in [0.25, 0.3) is 0 Å². The average Bonchev–Trinajstić information content (AvgIpc) is 2.88. The molecule has 0 saturated carbocycles. The maximum Gasteiger partial charge on any atom is 1.00 e. The first-order chi connectivity index (χ1) is 18.6. The van der Waals surface area contributed by atoms with Crippen molar-refractivity contribution in [2.24, 2.45) is 0 Å². The summed E-state index contributed by atoms with van der Waals surface area (Å²) in [5.41, 5.74) is 0. The summed E-state index contributed by atoms with van der Waals surface area (Å²) in [6, 6.07) is 0. The number of allylic oxidation sites excluding steroid dienone is 1. The molecular weight excluding hydrogens is 511 g/mol. The summed E-state index contributed by atoms with van der Waals surface area (Å²) in [7, 11) is -4.09. The Bertz CT molecular complexity index is 577. The average molecular weight is 579 g/mol. The molecule has 0 spiro atoms. The van der Waals surface area contributed by atoms with Crippen LogP contribution in [0.15, 0.2) is 12.2 Å². The van der Waals surface area contributed by atoms with Crippen molar-refractivity contribution >= 4 is 10.1 Å². The molecule has 0 rings (SSSR count). The first-order valence-corrected chi connectivity index (χ1v) is 18.7. The topological polar surface area (TPSA) is 57.2 Å². The van der Waals surface area contributed by atoms with Gasteiger partial charge >= 0.3 is 29.6 Å². The second-order valence-electron chi connectivity index (χ2n) is 11.9. The third-order valence-corrected chi connectivity index (χ3v) is 8.54. The fourth-order valence-electron chi connectivity index (χ4n) is 5.41. The molecule has 0 fully saturated rings. The van der Waals surface area contributed by atoms with Crippen LogP contribution in [-0.4, -0.2) is 18.7 Å². The fourth-order valence-corrected chi connectivity index (χ4v) is 5.78. The predicted octanol–water partition coefficient (Wildman–Crippen LogP) is 8.81. The molecule has 0 saturated heterocycles. The van der Waals surface area contributed by atoms with E-state index >= 15 is 0 Å². The van der Waals surface area contributed by atoms with Crippen molar-refractivity contribution in [3.05, 3.63) is 12.2 Å². The summed E-state index contributed by atoms with van der Waals surface area (Å²) < 4.78 is 31.5. The molecule has 0 amide bonds. The molecule has 0 radical (unpaired) electrons. The van der Waals surface area contributed by atoms with Gasteiger partial charge in [-0.2, -0.15) is 0 Å². The molecule has 0 heterocycles. The van der Waals surface area contributed by atoms with Gasteiger partial charge in [0.05, 0.1) is 15.9 Å². The van der Waals surface area contributed by atoms with Gasteiger partial charge in [0.1, 0.15) is 0 Å². The van der Waals surface area contributed by atoms with Gasteiger partial charge in [-0.15, -0.1) is 0 Å². The number of hydrogen-bond donors (Lipinski definition) is 0. The standard InChI is InChI=1S/C34H68O3S.Na/c1-2-3-4-5-6-7-8-9-10-11-12-13-14-15-16-17-18-19-20-21-22-23-24-25-26-27-28-29-30-31-32-33-34-38(35,36)37;/h32-33H,2-31,34H2,1H3,(H,35,36,37);/q;+1/p-1/b33-32+;. The van der Waals surface area contributed by atoms with Crippen LogP contribution in [0.1, 0.15) is 200 Å². The quantitative estimate of drug-likeness (QED) is 0.0347. The summed E-state index contributed by atoms with van der Waals surface area (Å²) in [6.45, 7) is 2.30. The van der Waals surface area contributed by atoms with E-state index in [1.807, 2.05) is 6.08 Å². The van der Waals surface area contributed by atoms with Crippen molar-refractivity contribution in [3.8, 4) is 0 Å². The molecule has 0 aromatic rings. The summed E-state index contributed by atoms with van der Waals surface area (Å²) in [6.07, 6.45) is 45.1. The minimum absolute atomic E-state index is 0. The third kappa shape index (κ3) is 40.8. The van der Waals surface area contributed by atoms with Gasteiger partial charge in [0.15, 0.2) is 0 Å². The van der Waals surface area contributed by atoms with Gasteiger partial charge < -0.3 is 4.55 Å². The van der Waals surface area contributed by atoms with Crippen LogP contribution in [0.2, 0.25) is 0 Å². The summed E-state index contributed by atoms with van der Waals surface area (Å²) >= 11 is 0. The van der Waals surface area contributed by atoms with Crippen molar-refractivity contribution in [1.29, 1.82) is 0 Å². The minimum atomic E-state index is -4.09. The monoisotopic (exact) mass is 578 g/mol. The molecule has 0 aliphatic rings. The van der Waals surface area contributed by atoms with Crippen LogP contribution in [0.3, 0.4) is 0 Å². The zero-order valence-electron chi connectivity index (χ0n) is 26.7. The number of rotatable bonds is 32. The Morgan fingerprint density at radius 2 is 0.641 bits per heavy atom. The van der Waals surface area contributed by atoms with Gasteiger partial charge in [-0.3, -0.25) is 0 Å². The molecule has 228 valence electrons. The van der Waals surface area contributed by atoms with E-state index in [0.717, 1.165) is 12.8 Å². The molecule has 0 aliphatic carbocycles. The van der Waals surface area contributed by atoms with Crippen LogP contribution >= 0.6 is 0 Å². The van der Waals surface area contributed by atoms with Crippen molar-refractivity contribution < 1.29 is 42.5 Å². The maximum atomic E-state index is 10.5. The molecule has 0 N–H and O–H groups in total. The van der Waals surface area contributed by atoms with Gasteiger partial charge in [-0.25, -0.2) is 8.42 Å². The molecule has 3 nitrogen and oxygen atoms in total. The minimum Gasteiger partial charge on any atom is -0.748 e. The van der Waals surface area contributed by atoms with Crippen LogP contribution in [0.4, 0.5) is 0 Å². The van der Waals surface area contributed by atoms with Crippen LogP contribution in [-0.2, 0) is 10.1 Å². The van der Waals surface area contributed by atoms with E-state index in [4.69, 9.17) is 0 Å². The molecule has 0 atom stereocenters. The zero-order valence-corrected chi connectivity index (χ0v) is 29.5. The Labute approximate surface area is 268 Å². The Hall–Kier alpha value is 0.650. The van der Waals surface area contributed by atoms with Gasteiger partial charge in [-0.1, -0.05) is 199 Å². The van der Waals surface area contributed by atoms with E-state index in [9.17, 15) is 13.0 Å². The maximum absolute atomic E-state index is 10.5. The second-order valence-corrected chi connectivity index (χ2v) is 13.3. The Morgan fingerprint density at radius 3 is 0.872 bits per heavy atom. The van der Waals surface area contributed by atoms with Crippen molar-refractivity contribution in [3.63, 3.8) is 0 Å². The van der Waals surface area contributed by atoms with Crippen LogP contribution in [0.5, 0.6) is 0 Å². The smallest absolute Gasteiger partial charge is 0.748 e. The molecule has 0 aliphatic heterocycles. The first-order valence-electron chi connectivity index (χ1n) is 17.1. The Morgan fingerprint density at radius 1 is 0.410 bits per heavy atom. The van der Waals surface area contributed by atoms with E-state index in [1.165, 1.54) is 186 Å². The fraction of sp³-hybridized carbons (Fsp3) is 0.941. The van der Waals surface area contributed by atoms with Crippen molar-refractivity contribution in [2.45, 2.75) is 200 Å². The van der Waals surface area contributed by atoms with Crippen LogP contribution < -0.4 is 29.6 Å². The predicted molar refractivity (Wildman–Crippen MR) is 168 cm³/mol. The SMILES string of the molecule is CCCCCCCCCCCCCCCCCCCCCCCCCCCCCCC/C=C/CS(=O)(=O)[O-].[Na+]. The van der Waals surface area contributed by atoms with E-state index in [0.29, 0.717) is 0 Å². The molecule has 0 aromatic carbocycles. The Kier molecular flexibility index (Phi) is 37.3. The molecule has 39 heavy (non-hydrogen) atoms. The number of unbranched alkanes of at least 4 members (excludes halogenated alkanes) is 29. The van der Waals surface area contributed by atoms with Gasteiger partial charge in [0.2, 0.25) is 0 Å². The zero-order chi connectivity index (χ0) is 27.8. The molecule has 0 bridgehead atoms.